The van der Waals surface area contributed by atoms with Crippen LogP contribution in [0, 0.1) is 20.8 Å². The molecule has 0 aromatic heterocycles. The highest BCUT2D eigenvalue weighted by atomic mass is 16.1. The predicted octanol–water partition coefficient (Wildman–Crippen LogP) is 2.24. The molecule has 0 N–H and O–H groups in total. The maximum Gasteiger partial charge on any atom is 0.150 e. The van der Waals surface area contributed by atoms with Gasteiger partial charge in [0.15, 0.2) is 6.29 Å². The summed E-state index contributed by atoms with van der Waals surface area (Å²) in [6.07, 6.45) is 1.60. The Morgan fingerprint density at radius 3 is 2.08 bits per heavy atom. The Morgan fingerprint density at radius 2 is 1.62 bits per heavy atom. The Morgan fingerprint density at radius 1 is 1.00 bits per heavy atom. The van der Waals surface area contributed by atoms with E-state index in [0.29, 0.717) is 11.1 Å². The second-order valence-electron chi connectivity index (χ2n) is 3.18. The molecule has 0 aliphatic carbocycles. The van der Waals surface area contributed by atoms with Gasteiger partial charge in [0.2, 0.25) is 0 Å². The number of carbonyl (C=O) groups excluding carboxylic acids is 2. The maximum absolute atomic E-state index is 10.8. The minimum atomic E-state index is 0.602. The van der Waals surface area contributed by atoms with Gasteiger partial charge in [0, 0.05) is 11.1 Å². The topological polar surface area (TPSA) is 34.1 Å². The highest BCUT2D eigenvalue weighted by molar-refractivity contribution is 5.87. The maximum atomic E-state index is 10.8. The molecule has 0 atom stereocenters. The first kappa shape index (κ1) is 9.65. The standard InChI is InChI=1S/C11H12O2/c1-7-4-10(5-12)9(3)11(6-13)8(7)2/h4-6H,1-3H3. The molecule has 0 amide bonds. The fourth-order valence-corrected chi connectivity index (χ4v) is 1.40. The van der Waals surface area contributed by atoms with Crippen molar-refractivity contribution in [1.29, 1.82) is 0 Å². The van der Waals surface area contributed by atoms with Crippen LogP contribution in [0.5, 0.6) is 0 Å². The van der Waals surface area contributed by atoms with E-state index in [2.05, 4.69) is 0 Å². The SMILES string of the molecule is Cc1cc(C=O)c(C)c(C=O)c1C. The van der Waals surface area contributed by atoms with E-state index in [1.54, 1.807) is 6.92 Å². The Hall–Kier alpha value is -1.44. The van der Waals surface area contributed by atoms with Crippen molar-refractivity contribution >= 4 is 12.6 Å². The second kappa shape index (κ2) is 3.52. The van der Waals surface area contributed by atoms with Crippen LogP contribution in [0.25, 0.3) is 0 Å². The molecule has 1 rings (SSSR count). The molecule has 1 aromatic carbocycles. The first-order valence-electron chi connectivity index (χ1n) is 4.13. The molecule has 13 heavy (non-hydrogen) atoms. The van der Waals surface area contributed by atoms with Gasteiger partial charge in [0.1, 0.15) is 6.29 Å². The van der Waals surface area contributed by atoms with Crippen molar-refractivity contribution in [2.45, 2.75) is 20.8 Å². The van der Waals surface area contributed by atoms with Crippen molar-refractivity contribution in [2.24, 2.45) is 0 Å². The predicted molar refractivity (Wildman–Crippen MR) is 51.4 cm³/mol. The van der Waals surface area contributed by atoms with Gasteiger partial charge in [-0.2, -0.15) is 0 Å². The Balaban J connectivity index is 3.56. The molecule has 1 aromatic rings. The van der Waals surface area contributed by atoms with Crippen molar-refractivity contribution in [3.8, 4) is 0 Å². The van der Waals surface area contributed by atoms with E-state index in [4.69, 9.17) is 0 Å². The fourth-order valence-electron chi connectivity index (χ4n) is 1.40. The van der Waals surface area contributed by atoms with Crippen molar-refractivity contribution < 1.29 is 9.59 Å². The molecule has 0 unspecified atom stereocenters. The summed E-state index contributed by atoms with van der Waals surface area (Å²) in [7, 11) is 0. The monoisotopic (exact) mass is 176 g/mol. The Bertz CT molecular complexity index is 365. The highest BCUT2D eigenvalue weighted by Crippen LogP contribution is 2.19. The lowest BCUT2D eigenvalue weighted by Gasteiger charge is -2.08. The van der Waals surface area contributed by atoms with Gasteiger partial charge < -0.3 is 0 Å². The zero-order chi connectivity index (χ0) is 10.0. The average molecular weight is 176 g/mol. The van der Waals surface area contributed by atoms with Crippen molar-refractivity contribution in [3.63, 3.8) is 0 Å². The molecule has 0 saturated carbocycles. The van der Waals surface area contributed by atoms with Crippen LogP contribution in [-0.2, 0) is 0 Å². The molecule has 0 radical (unpaired) electrons. The molecule has 0 fully saturated rings. The molecule has 0 saturated heterocycles. The third-order valence-corrected chi connectivity index (χ3v) is 2.45. The number of aryl methyl sites for hydroxylation is 1. The minimum Gasteiger partial charge on any atom is -0.298 e. The van der Waals surface area contributed by atoms with Crippen LogP contribution < -0.4 is 0 Å². The lowest BCUT2D eigenvalue weighted by atomic mass is 9.95. The minimum absolute atomic E-state index is 0.602. The van der Waals surface area contributed by atoms with Crippen LogP contribution in [0.2, 0.25) is 0 Å². The van der Waals surface area contributed by atoms with E-state index < -0.39 is 0 Å². The van der Waals surface area contributed by atoms with Crippen LogP contribution in [0.4, 0.5) is 0 Å². The van der Waals surface area contributed by atoms with Gasteiger partial charge in [0.05, 0.1) is 0 Å². The first-order valence-corrected chi connectivity index (χ1v) is 4.13. The third-order valence-electron chi connectivity index (χ3n) is 2.45. The molecule has 0 bridgehead atoms. The van der Waals surface area contributed by atoms with E-state index in [1.807, 2.05) is 19.9 Å². The lowest BCUT2D eigenvalue weighted by molar-refractivity contribution is 0.112. The normalized spacial score (nSPS) is 9.77. The number of benzene rings is 1. The van der Waals surface area contributed by atoms with Gasteiger partial charge in [-0.15, -0.1) is 0 Å². The molecular weight excluding hydrogens is 164 g/mol. The second-order valence-corrected chi connectivity index (χ2v) is 3.18. The number of carbonyl (C=O) groups is 2. The quantitative estimate of drug-likeness (QED) is 0.647. The van der Waals surface area contributed by atoms with Crippen LogP contribution >= 0.6 is 0 Å². The lowest BCUT2D eigenvalue weighted by Crippen LogP contribution is -1.99. The molecule has 2 heteroatoms. The summed E-state index contributed by atoms with van der Waals surface area (Å²) in [5.41, 5.74) is 3.95. The summed E-state index contributed by atoms with van der Waals surface area (Å²) in [5.74, 6) is 0. The van der Waals surface area contributed by atoms with Gasteiger partial charge in [0.25, 0.3) is 0 Å². The van der Waals surface area contributed by atoms with Crippen molar-refractivity contribution in [2.75, 3.05) is 0 Å². The van der Waals surface area contributed by atoms with Crippen LogP contribution in [0.1, 0.15) is 37.4 Å². The third kappa shape index (κ3) is 1.52. The largest absolute Gasteiger partial charge is 0.298 e. The first-order chi connectivity index (χ1) is 6.11. The zero-order valence-electron chi connectivity index (χ0n) is 8.05. The van der Waals surface area contributed by atoms with E-state index in [9.17, 15) is 9.59 Å². The van der Waals surface area contributed by atoms with E-state index in [1.165, 1.54) is 0 Å². The van der Waals surface area contributed by atoms with Crippen LogP contribution in [0.3, 0.4) is 0 Å². The molecule has 2 nitrogen and oxygen atoms in total. The van der Waals surface area contributed by atoms with E-state index in [0.717, 1.165) is 29.3 Å². The summed E-state index contributed by atoms with van der Waals surface area (Å²) >= 11 is 0. The summed E-state index contributed by atoms with van der Waals surface area (Å²) in [6.45, 7) is 5.58. The molecule has 0 aliphatic heterocycles. The molecule has 0 spiro atoms. The molecular formula is C11H12O2. The van der Waals surface area contributed by atoms with Crippen LogP contribution in [0.15, 0.2) is 6.07 Å². The average Bonchev–Trinajstić information content (AvgIpc) is 2.12. The Kier molecular flexibility index (Phi) is 2.61. The van der Waals surface area contributed by atoms with Gasteiger partial charge in [-0.1, -0.05) is 0 Å². The van der Waals surface area contributed by atoms with E-state index >= 15 is 0 Å². The molecule has 0 heterocycles. The smallest absolute Gasteiger partial charge is 0.150 e. The highest BCUT2D eigenvalue weighted by Gasteiger charge is 2.08. The summed E-state index contributed by atoms with van der Waals surface area (Å²) < 4.78 is 0. The molecule has 0 aliphatic rings. The summed E-state index contributed by atoms with van der Waals surface area (Å²) in [4.78, 5) is 21.4. The Labute approximate surface area is 77.6 Å². The van der Waals surface area contributed by atoms with Crippen LogP contribution in [-0.4, -0.2) is 12.6 Å². The molecule has 68 valence electrons. The number of hydrogen-bond acceptors (Lipinski definition) is 2. The van der Waals surface area contributed by atoms with Crippen molar-refractivity contribution in [3.05, 3.63) is 33.9 Å². The summed E-state index contributed by atoms with van der Waals surface area (Å²) in [5, 5.41) is 0. The van der Waals surface area contributed by atoms with Gasteiger partial charge in [-0.25, -0.2) is 0 Å². The van der Waals surface area contributed by atoms with Gasteiger partial charge in [-0.3, -0.25) is 9.59 Å². The zero-order valence-corrected chi connectivity index (χ0v) is 8.05. The number of hydrogen-bond donors (Lipinski definition) is 0. The number of aldehydes is 2. The van der Waals surface area contributed by atoms with Crippen molar-refractivity contribution in [1.82, 2.24) is 0 Å². The summed E-state index contributed by atoms with van der Waals surface area (Å²) in [6, 6.07) is 1.81. The number of rotatable bonds is 2. The van der Waals surface area contributed by atoms with Gasteiger partial charge >= 0.3 is 0 Å². The van der Waals surface area contributed by atoms with Gasteiger partial charge in [-0.05, 0) is 43.5 Å². The fraction of sp³-hybridized carbons (Fsp3) is 0.273. The van der Waals surface area contributed by atoms with E-state index in [-0.39, 0.29) is 0 Å².